The number of nitrogens with zero attached hydrogens (tertiary/aromatic N) is 1. The van der Waals surface area contributed by atoms with Crippen molar-refractivity contribution in [1.29, 1.82) is 0 Å². The van der Waals surface area contributed by atoms with Crippen LogP contribution in [0.1, 0.15) is 60.6 Å². The van der Waals surface area contributed by atoms with Gasteiger partial charge in [-0.25, -0.2) is 0 Å². The lowest BCUT2D eigenvalue weighted by Gasteiger charge is -2.39. The van der Waals surface area contributed by atoms with Gasteiger partial charge < -0.3 is 8.98 Å². The Balaban J connectivity index is 2.84. The highest BCUT2D eigenvalue weighted by molar-refractivity contribution is 7.90. The molecular formula is C20H38N2O2SSi. The lowest BCUT2D eigenvalue weighted by Crippen LogP contribution is -2.48. The van der Waals surface area contributed by atoms with Crippen molar-refractivity contribution in [2.75, 3.05) is 0 Å². The molecule has 0 fully saturated rings. The van der Waals surface area contributed by atoms with Crippen molar-refractivity contribution in [1.82, 2.24) is 9.71 Å². The molecule has 0 saturated heterocycles. The molecule has 3 atom stereocenters. The second-order valence-corrected chi connectivity index (χ2v) is 16.4. The Morgan fingerprint density at radius 2 is 1.81 bits per heavy atom. The zero-order chi connectivity index (χ0) is 20.2. The Morgan fingerprint density at radius 3 is 2.27 bits per heavy atom. The fourth-order valence-corrected chi connectivity index (χ4v) is 4.69. The van der Waals surface area contributed by atoms with Crippen LogP contribution in [0.5, 0.6) is 0 Å². The normalized spacial score (nSPS) is 17.0. The number of nitrogens with one attached hydrogen (secondary N) is 1. The first-order chi connectivity index (χ1) is 11.7. The van der Waals surface area contributed by atoms with E-state index in [1.807, 2.05) is 45.2 Å². The first-order valence-corrected chi connectivity index (χ1v) is 13.5. The molecule has 0 saturated carbocycles. The third-order valence-corrected chi connectivity index (χ3v) is 11.2. The molecule has 0 bridgehead atoms. The van der Waals surface area contributed by atoms with E-state index in [1.165, 1.54) is 0 Å². The summed E-state index contributed by atoms with van der Waals surface area (Å²) in [6, 6.07) is 6.00. The van der Waals surface area contributed by atoms with Gasteiger partial charge in [0.15, 0.2) is 8.32 Å². The Labute approximate surface area is 165 Å². The molecule has 1 aromatic heterocycles. The zero-order valence-corrected chi connectivity index (χ0v) is 19.9. The molecule has 0 aliphatic heterocycles. The van der Waals surface area contributed by atoms with Crippen molar-refractivity contribution in [3.8, 4) is 0 Å². The minimum Gasteiger partial charge on any atom is -0.598 e. The van der Waals surface area contributed by atoms with Gasteiger partial charge >= 0.3 is 0 Å². The van der Waals surface area contributed by atoms with E-state index in [2.05, 4.69) is 50.5 Å². The van der Waals surface area contributed by atoms with E-state index >= 15 is 0 Å². The summed E-state index contributed by atoms with van der Waals surface area (Å²) in [4.78, 5) is 4.44. The van der Waals surface area contributed by atoms with Gasteiger partial charge in [0.05, 0.1) is 6.04 Å². The molecule has 0 aromatic carbocycles. The summed E-state index contributed by atoms with van der Waals surface area (Å²) in [5.41, 5.74) is 1.01. The van der Waals surface area contributed by atoms with Crippen molar-refractivity contribution in [3.63, 3.8) is 0 Å². The predicted octanol–water partition coefficient (Wildman–Crippen LogP) is 4.84. The lowest BCUT2D eigenvalue weighted by molar-refractivity contribution is 0.177. The maximum atomic E-state index is 12.6. The van der Waals surface area contributed by atoms with Gasteiger partial charge in [0, 0.05) is 35.8 Å². The quantitative estimate of drug-likeness (QED) is 0.502. The number of hydrogen-bond donors (Lipinski definition) is 1. The van der Waals surface area contributed by atoms with Crippen molar-refractivity contribution >= 4 is 19.7 Å². The minimum atomic E-state index is -1.82. The Hall–Kier alpha value is -0.403. The van der Waals surface area contributed by atoms with Gasteiger partial charge in [0.2, 0.25) is 0 Å². The summed E-state index contributed by atoms with van der Waals surface area (Å²) in [7, 11) is -1.82. The van der Waals surface area contributed by atoms with Crippen molar-refractivity contribution in [2.24, 2.45) is 0 Å². The molecule has 26 heavy (non-hydrogen) atoms. The standard InChI is InChI=1S/C20H38N2O2SSi/c1-16(24-26(8,9)20(5,6)7)14-18(22-25(23)19(2,3)4)15-17-12-10-11-13-21-17/h10-13,16,18,22H,14-15H2,1-9H3/t16?,18?,25-/m1/s1. The van der Waals surface area contributed by atoms with E-state index in [0.717, 1.165) is 18.5 Å². The first-order valence-electron chi connectivity index (χ1n) is 9.48. The second-order valence-electron chi connectivity index (χ2n) is 9.65. The van der Waals surface area contributed by atoms with E-state index in [4.69, 9.17) is 4.43 Å². The molecule has 0 amide bonds. The first kappa shape index (κ1) is 23.6. The molecular weight excluding hydrogens is 360 g/mol. The van der Waals surface area contributed by atoms with E-state index in [-0.39, 0.29) is 21.9 Å². The van der Waals surface area contributed by atoms with Gasteiger partial charge in [-0.2, -0.15) is 0 Å². The van der Waals surface area contributed by atoms with E-state index < -0.39 is 19.7 Å². The third-order valence-electron chi connectivity index (χ3n) is 4.93. The molecule has 0 spiro atoms. The van der Waals surface area contributed by atoms with Crippen molar-refractivity contribution in [3.05, 3.63) is 30.1 Å². The van der Waals surface area contributed by atoms with Gasteiger partial charge in [0.25, 0.3) is 0 Å². The van der Waals surface area contributed by atoms with E-state index in [9.17, 15) is 4.55 Å². The van der Waals surface area contributed by atoms with Crippen LogP contribution >= 0.6 is 0 Å². The number of rotatable bonds is 8. The number of hydrogen-bond acceptors (Lipinski definition) is 4. The SMILES string of the molecule is CC(CC(Cc1ccccn1)N[S@+]([O-])C(C)(C)C)O[Si](C)(C)C(C)(C)C. The fraction of sp³-hybridized carbons (Fsp3) is 0.750. The molecule has 1 rings (SSSR count). The van der Waals surface area contributed by atoms with Gasteiger partial charge in [-0.15, -0.1) is 4.72 Å². The Kier molecular flexibility index (Phi) is 8.36. The van der Waals surface area contributed by atoms with Crippen LogP contribution in [0.25, 0.3) is 0 Å². The van der Waals surface area contributed by atoms with Crippen molar-refractivity contribution < 1.29 is 8.98 Å². The maximum absolute atomic E-state index is 12.6. The average molecular weight is 399 g/mol. The van der Waals surface area contributed by atoms with Gasteiger partial charge in [-0.05, 0) is 64.4 Å². The monoisotopic (exact) mass is 398 g/mol. The Morgan fingerprint density at radius 1 is 1.19 bits per heavy atom. The van der Waals surface area contributed by atoms with Gasteiger partial charge in [0.1, 0.15) is 4.75 Å². The Bertz CT molecular complexity index is 541. The van der Waals surface area contributed by atoms with Crippen LogP contribution < -0.4 is 4.72 Å². The molecule has 1 aromatic rings. The van der Waals surface area contributed by atoms with Crippen molar-refractivity contribution in [2.45, 2.75) is 96.3 Å². The molecule has 150 valence electrons. The topological polar surface area (TPSA) is 57.2 Å². The molecule has 1 N–H and O–H groups in total. The molecule has 0 aliphatic carbocycles. The van der Waals surface area contributed by atoms with Crippen LogP contribution in [0, 0.1) is 0 Å². The van der Waals surface area contributed by atoms with Gasteiger partial charge in [-0.1, -0.05) is 26.8 Å². The molecule has 4 nitrogen and oxygen atoms in total. The summed E-state index contributed by atoms with van der Waals surface area (Å²) in [6.45, 7) is 19.4. The molecule has 1 heterocycles. The van der Waals surface area contributed by atoms with Crippen LogP contribution in [0.15, 0.2) is 24.4 Å². The van der Waals surface area contributed by atoms with Crippen LogP contribution in [0.2, 0.25) is 18.1 Å². The molecule has 0 radical (unpaired) electrons. The predicted molar refractivity (Wildman–Crippen MR) is 115 cm³/mol. The summed E-state index contributed by atoms with van der Waals surface area (Å²) >= 11 is -1.12. The third kappa shape index (κ3) is 7.68. The average Bonchev–Trinajstić information content (AvgIpc) is 2.45. The van der Waals surface area contributed by atoms with E-state index in [0.29, 0.717) is 0 Å². The summed E-state index contributed by atoms with van der Waals surface area (Å²) in [6.07, 6.45) is 3.47. The lowest BCUT2D eigenvalue weighted by atomic mass is 10.1. The molecule has 0 aliphatic rings. The fourth-order valence-electron chi connectivity index (χ4n) is 2.40. The number of aromatic nitrogens is 1. The molecule has 2 unspecified atom stereocenters. The summed E-state index contributed by atoms with van der Waals surface area (Å²) in [5, 5.41) is 0.180. The van der Waals surface area contributed by atoms with Crippen LogP contribution in [0.3, 0.4) is 0 Å². The summed E-state index contributed by atoms with van der Waals surface area (Å²) in [5.74, 6) is 0. The summed E-state index contributed by atoms with van der Waals surface area (Å²) < 4.78 is 22.2. The minimum absolute atomic E-state index is 0.0599. The largest absolute Gasteiger partial charge is 0.598 e. The van der Waals surface area contributed by atoms with Crippen LogP contribution in [-0.4, -0.2) is 34.7 Å². The smallest absolute Gasteiger partial charge is 0.192 e. The van der Waals surface area contributed by atoms with E-state index in [1.54, 1.807) is 0 Å². The van der Waals surface area contributed by atoms with Crippen LogP contribution in [0.4, 0.5) is 0 Å². The molecule has 6 heteroatoms. The zero-order valence-electron chi connectivity index (χ0n) is 18.1. The maximum Gasteiger partial charge on any atom is 0.192 e. The highest BCUT2D eigenvalue weighted by Crippen LogP contribution is 2.37. The van der Waals surface area contributed by atoms with Crippen LogP contribution in [-0.2, 0) is 22.2 Å². The number of pyridine rings is 1. The second kappa shape index (κ2) is 9.19. The highest BCUT2D eigenvalue weighted by Gasteiger charge is 2.39. The van der Waals surface area contributed by atoms with Gasteiger partial charge in [-0.3, -0.25) is 4.98 Å². The highest BCUT2D eigenvalue weighted by atomic mass is 32.2.